The number of hydrogen-bond acceptors (Lipinski definition) is 6. The van der Waals surface area contributed by atoms with Crippen LogP contribution >= 0.6 is 0 Å². The predicted octanol–water partition coefficient (Wildman–Crippen LogP) is 1.18. The number of hydrogen-bond donors (Lipinski definition) is 1. The van der Waals surface area contributed by atoms with Gasteiger partial charge in [-0.25, -0.2) is 13.2 Å². The Morgan fingerprint density at radius 3 is 2.81 bits per heavy atom. The van der Waals surface area contributed by atoms with Crippen LogP contribution < -0.4 is 4.74 Å². The SMILES string of the molecule is CCOC(=O)C1Cc2cc(S(=O)(=O)N3CCCCC3C(=O)O)ccc2O1. The molecule has 1 aromatic rings. The molecule has 0 aromatic heterocycles. The summed E-state index contributed by atoms with van der Waals surface area (Å²) in [6.07, 6.45) is 1.04. The van der Waals surface area contributed by atoms with Gasteiger partial charge >= 0.3 is 11.9 Å². The first-order chi connectivity index (χ1) is 12.3. The molecule has 0 saturated carbocycles. The lowest BCUT2D eigenvalue weighted by Crippen LogP contribution is -2.47. The van der Waals surface area contributed by atoms with Crippen molar-refractivity contribution in [3.8, 4) is 5.75 Å². The van der Waals surface area contributed by atoms with Crippen molar-refractivity contribution >= 4 is 22.0 Å². The third-order valence-corrected chi connectivity index (χ3v) is 6.51. The van der Waals surface area contributed by atoms with Crippen LogP contribution in [0.25, 0.3) is 0 Å². The van der Waals surface area contributed by atoms with E-state index in [2.05, 4.69) is 0 Å². The van der Waals surface area contributed by atoms with E-state index in [4.69, 9.17) is 9.47 Å². The van der Waals surface area contributed by atoms with E-state index < -0.39 is 34.1 Å². The summed E-state index contributed by atoms with van der Waals surface area (Å²) in [6, 6.07) is 3.29. The van der Waals surface area contributed by atoms with E-state index in [-0.39, 0.29) is 24.5 Å². The van der Waals surface area contributed by atoms with Gasteiger partial charge in [0.1, 0.15) is 11.8 Å². The quantitative estimate of drug-likeness (QED) is 0.760. The first-order valence-corrected chi connectivity index (χ1v) is 9.99. The summed E-state index contributed by atoms with van der Waals surface area (Å²) in [5.74, 6) is -1.19. The summed E-state index contributed by atoms with van der Waals surface area (Å²) in [6.45, 7) is 2.11. The Hall–Kier alpha value is -2.13. The zero-order valence-electron chi connectivity index (χ0n) is 14.4. The second-order valence-corrected chi connectivity index (χ2v) is 8.19. The number of fused-ring (bicyclic) bond motifs is 1. The fourth-order valence-electron chi connectivity index (χ4n) is 3.33. The molecule has 0 spiro atoms. The molecule has 1 saturated heterocycles. The van der Waals surface area contributed by atoms with Crippen LogP contribution in [0.15, 0.2) is 23.1 Å². The van der Waals surface area contributed by atoms with Gasteiger partial charge in [-0.15, -0.1) is 0 Å². The van der Waals surface area contributed by atoms with Crippen LogP contribution in [-0.4, -0.2) is 55.1 Å². The molecule has 2 atom stereocenters. The number of carboxylic acids is 1. The predicted molar refractivity (Wildman–Crippen MR) is 90.4 cm³/mol. The number of aliphatic carboxylic acids is 1. The third kappa shape index (κ3) is 3.41. The number of carboxylic acid groups (broad SMARTS) is 1. The molecule has 26 heavy (non-hydrogen) atoms. The molecule has 8 nitrogen and oxygen atoms in total. The number of sulfonamides is 1. The van der Waals surface area contributed by atoms with Crippen molar-refractivity contribution < 1.29 is 32.6 Å². The van der Waals surface area contributed by atoms with Crippen LogP contribution in [0.1, 0.15) is 31.7 Å². The zero-order valence-corrected chi connectivity index (χ0v) is 15.2. The smallest absolute Gasteiger partial charge is 0.347 e. The van der Waals surface area contributed by atoms with Gasteiger partial charge in [-0.1, -0.05) is 0 Å². The maximum absolute atomic E-state index is 12.9. The van der Waals surface area contributed by atoms with Gasteiger partial charge in [-0.3, -0.25) is 4.79 Å². The normalized spacial score (nSPS) is 23.1. The lowest BCUT2D eigenvalue weighted by molar-refractivity contribution is -0.150. The molecule has 2 aliphatic rings. The van der Waals surface area contributed by atoms with Crippen LogP contribution in [0.5, 0.6) is 5.75 Å². The summed E-state index contributed by atoms with van der Waals surface area (Å²) in [5.41, 5.74) is 0.591. The van der Waals surface area contributed by atoms with Gasteiger partial charge in [0.05, 0.1) is 11.5 Å². The van der Waals surface area contributed by atoms with Crippen molar-refractivity contribution in [2.75, 3.05) is 13.2 Å². The number of carbonyl (C=O) groups is 2. The molecule has 0 radical (unpaired) electrons. The molecule has 3 rings (SSSR count). The minimum atomic E-state index is -3.94. The van der Waals surface area contributed by atoms with Crippen molar-refractivity contribution in [2.24, 2.45) is 0 Å². The summed E-state index contributed by atoms with van der Waals surface area (Å²) >= 11 is 0. The molecule has 0 bridgehead atoms. The van der Waals surface area contributed by atoms with Gasteiger partial charge in [0.2, 0.25) is 10.0 Å². The lowest BCUT2D eigenvalue weighted by atomic mass is 10.1. The van der Waals surface area contributed by atoms with E-state index in [9.17, 15) is 23.1 Å². The van der Waals surface area contributed by atoms with E-state index in [0.29, 0.717) is 30.6 Å². The third-order valence-electron chi connectivity index (χ3n) is 4.60. The first kappa shape index (κ1) is 18.7. The van der Waals surface area contributed by atoms with E-state index in [1.807, 2.05) is 0 Å². The molecular formula is C17H21NO7S. The molecule has 1 N–H and O–H groups in total. The topological polar surface area (TPSA) is 110 Å². The molecule has 1 aromatic carbocycles. The molecule has 2 aliphatic heterocycles. The minimum Gasteiger partial charge on any atom is -0.480 e. The average molecular weight is 383 g/mol. The van der Waals surface area contributed by atoms with E-state index in [0.717, 1.165) is 4.31 Å². The second kappa shape index (κ2) is 7.24. The molecule has 9 heteroatoms. The van der Waals surface area contributed by atoms with Crippen LogP contribution in [0.4, 0.5) is 0 Å². The van der Waals surface area contributed by atoms with Gasteiger partial charge < -0.3 is 14.6 Å². The Bertz CT molecular complexity index is 820. The molecule has 0 aliphatic carbocycles. The lowest BCUT2D eigenvalue weighted by Gasteiger charge is -2.31. The van der Waals surface area contributed by atoms with Crippen molar-refractivity contribution in [1.82, 2.24) is 4.31 Å². The summed E-state index contributed by atoms with van der Waals surface area (Å²) in [4.78, 5) is 23.3. The van der Waals surface area contributed by atoms with Gasteiger partial charge in [0.25, 0.3) is 0 Å². The summed E-state index contributed by atoms with van der Waals surface area (Å²) < 4.78 is 37.4. The molecule has 2 heterocycles. The highest BCUT2D eigenvalue weighted by atomic mass is 32.2. The molecule has 0 amide bonds. The fraction of sp³-hybridized carbons (Fsp3) is 0.529. The van der Waals surface area contributed by atoms with Crippen LogP contribution in [-0.2, 0) is 30.8 Å². The molecule has 2 unspecified atom stereocenters. The Kier molecular flexibility index (Phi) is 5.19. The number of piperidine rings is 1. The van der Waals surface area contributed by atoms with Crippen LogP contribution in [0.3, 0.4) is 0 Å². The first-order valence-electron chi connectivity index (χ1n) is 8.55. The maximum Gasteiger partial charge on any atom is 0.347 e. The van der Waals surface area contributed by atoms with Gasteiger partial charge in [-0.2, -0.15) is 4.31 Å². The number of esters is 1. The van der Waals surface area contributed by atoms with Crippen molar-refractivity contribution in [3.63, 3.8) is 0 Å². The minimum absolute atomic E-state index is 0.0116. The van der Waals surface area contributed by atoms with Crippen LogP contribution in [0.2, 0.25) is 0 Å². The van der Waals surface area contributed by atoms with Crippen molar-refractivity contribution in [2.45, 2.75) is 49.6 Å². The van der Waals surface area contributed by atoms with Crippen molar-refractivity contribution in [3.05, 3.63) is 23.8 Å². The highest BCUT2D eigenvalue weighted by Crippen LogP contribution is 2.33. The van der Waals surface area contributed by atoms with Gasteiger partial charge in [-0.05, 0) is 49.9 Å². The number of carbonyl (C=O) groups excluding carboxylic acids is 1. The average Bonchev–Trinajstić information content (AvgIpc) is 3.05. The molecular weight excluding hydrogens is 362 g/mol. The summed E-state index contributed by atoms with van der Waals surface area (Å²) in [5, 5.41) is 9.34. The highest BCUT2D eigenvalue weighted by Gasteiger charge is 2.38. The van der Waals surface area contributed by atoms with E-state index in [1.165, 1.54) is 18.2 Å². The highest BCUT2D eigenvalue weighted by molar-refractivity contribution is 7.89. The van der Waals surface area contributed by atoms with E-state index in [1.54, 1.807) is 6.92 Å². The number of benzene rings is 1. The Labute approximate surface area is 151 Å². The standard InChI is InChI=1S/C17H21NO7S/c1-2-24-17(21)15-10-11-9-12(6-7-14(11)25-15)26(22,23)18-8-4-3-5-13(18)16(19)20/h6-7,9,13,15H,2-5,8,10H2,1H3,(H,19,20). The zero-order chi connectivity index (χ0) is 18.9. The fourth-order valence-corrected chi connectivity index (χ4v) is 5.03. The maximum atomic E-state index is 12.9. The van der Waals surface area contributed by atoms with Crippen molar-refractivity contribution in [1.29, 1.82) is 0 Å². The van der Waals surface area contributed by atoms with Gasteiger partial charge in [0.15, 0.2) is 6.10 Å². The number of nitrogens with zero attached hydrogens (tertiary/aromatic N) is 1. The molecule has 1 fully saturated rings. The molecule has 142 valence electrons. The second-order valence-electron chi connectivity index (χ2n) is 6.30. The Morgan fingerprint density at radius 1 is 1.35 bits per heavy atom. The largest absolute Gasteiger partial charge is 0.480 e. The Balaban J connectivity index is 1.86. The van der Waals surface area contributed by atoms with Gasteiger partial charge in [0, 0.05) is 13.0 Å². The number of rotatable bonds is 5. The summed E-state index contributed by atoms with van der Waals surface area (Å²) in [7, 11) is -3.94. The van der Waals surface area contributed by atoms with Crippen LogP contribution in [0, 0.1) is 0 Å². The Morgan fingerprint density at radius 2 is 2.12 bits per heavy atom. The monoisotopic (exact) mass is 383 g/mol. The number of ether oxygens (including phenoxy) is 2. The van der Waals surface area contributed by atoms with E-state index >= 15 is 0 Å².